The molecule has 0 saturated heterocycles. The average molecular weight is 193 g/mol. The summed E-state index contributed by atoms with van der Waals surface area (Å²) in [6.45, 7) is 2.95. The summed E-state index contributed by atoms with van der Waals surface area (Å²) in [7, 11) is 1.73. The maximum absolute atomic E-state index is 11.7. The molecule has 0 atom stereocenters. The van der Waals surface area contributed by atoms with E-state index in [1.807, 2.05) is 13.0 Å². The monoisotopic (exact) mass is 193 g/mol. The van der Waals surface area contributed by atoms with Crippen molar-refractivity contribution in [2.75, 3.05) is 20.1 Å². The van der Waals surface area contributed by atoms with E-state index < -0.39 is 0 Å². The number of aryl methyl sites for hydroxylation is 1. The lowest BCUT2D eigenvalue weighted by molar-refractivity contribution is 0.0798. The Morgan fingerprint density at radius 3 is 2.86 bits per heavy atom. The second-order valence-electron chi connectivity index (χ2n) is 3.27. The van der Waals surface area contributed by atoms with Crippen LogP contribution in [0.15, 0.2) is 18.5 Å². The molecule has 1 amide bonds. The molecule has 4 heteroatoms. The third kappa shape index (κ3) is 2.53. The second-order valence-corrected chi connectivity index (χ2v) is 3.27. The van der Waals surface area contributed by atoms with E-state index in [4.69, 9.17) is 5.73 Å². The minimum absolute atomic E-state index is 0.0355. The summed E-state index contributed by atoms with van der Waals surface area (Å²) >= 11 is 0. The first-order valence-corrected chi connectivity index (χ1v) is 4.52. The topological polar surface area (TPSA) is 59.2 Å². The summed E-state index contributed by atoms with van der Waals surface area (Å²) < 4.78 is 0. The number of aromatic nitrogens is 1. The number of carbonyl (C=O) groups excluding carboxylic acids is 1. The standard InChI is InChI=1S/C10H15N3O/c1-8-5-9(7-12-6-8)10(14)13(2)4-3-11/h5-7H,3-4,11H2,1-2H3. The first kappa shape index (κ1) is 10.7. The van der Waals surface area contributed by atoms with Crippen molar-refractivity contribution in [3.63, 3.8) is 0 Å². The van der Waals surface area contributed by atoms with Gasteiger partial charge in [-0.15, -0.1) is 0 Å². The molecule has 4 nitrogen and oxygen atoms in total. The summed E-state index contributed by atoms with van der Waals surface area (Å²) in [6, 6.07) is 1.82. The summed E-state index contributed by atoms with van der Waals surface area (Å²) in [5, 5.41) is 0. The van der Waals surface area contributed by atoms with Gasteiger partial charge < -0.3 is 10.6 Å². The first-order chi connectivity index (χ1) is 6.65. The third-order valence-corrected chi connectivity index (χ3v) is 1.93. The molecule has 0 spiro atoms. The largest absolute Gasteiger partial charge is 0.340 e. The zero-order chi connectivity index (χ0) is 10.6. The van der Waals surface area contributed by atoms with Gasteiger partial charge in [0.2, 0.25) is 0 Å². The average Bonchev–Trinajstić information content (AvgIpc) is 2.17. The van der Waals surface area contributed by atoms with Gasteiger partial charge in [0.05, 0.1) is 5.56 Å². The number of nitrogens with two attached hydrogens (primary N) is 1. The smallest absolute Gasteiger partial charge is 0.255 e. The van der Waals surface area contributed by atoms with E-state index >= 15 is 0 Å². The zero-order valence-corrected chi connectivity index (χ0v) is 8.53. The molecule has 0 aliphatic carbocycles. The molecule has 0 aliphatic rings. The molecule has 2 N–H and O–H groups in total. The Balaban J connectivity index is 2.78. The predicted octanol–water partition coefficient (Wildman–Crippen LogP) is 0.421. The van der Waals surface area contributed by atoms with Crippen molar-refractivity contribution in [2.24, 2.45) is 5.73 Å². The Bertz CT molecular complexity index is 325. The lowest BCUT2D eigenvalue weighted by atomic mass is 10.2. The Morgan fingerprint density at radius 2 is 2.29 bits per heavy atom. The molecule has 1 heterocycles. The number of hydrogen-bond donors (Lipinski definition) is 1. The summed E-state index contributed by atoms with van der Waals surface area (Å²) in [4.78, 5) is 17.3. The maximum Gasteiger partial charge on any atom is 0.255 e. The van der Waals surface area contributed by atoms with Crippen molar-refractivity contribution in [3.05, 3.63) is 29.6 Å². The van der Waals surface area contributed by atoms with Gasteiger partial charge in [-0.25, -0.2) is 0 Å². The van der Waals surface area contributed by atoms with Crippen molar-refractivity contribution in [2.45, 2.75) is 6.92 Å². The molecule has 0 unspecified atom stereocenters. The van der Waals surface area contributed by atoms with E-state index in [0.717, 1.165) is 5.56 Å². The van der Waals surface area contributed by atoms with Crippen LogP contribution < -0.4 is 5.73 Å². The Hall–Kier alpha value is -1.42. The molecule has 0 aliphatic heterocycles. The fraction of sp³-hybridized carbons (Fsp3) is 0.400. The predicted molar refractivity (Wildman–Crippen MR) is 55.0 cm³/mol. The van der Waals surface area contributed by atoms with Crippen LogP contribution in [0.4, 0.5) is 0 Å². The van der Waals surface area contributed by atoms with Crippen LogP contribution in [0.5, 0.6) is 0 Å². The SMILES string of the molecule is Cc1cncc(C(=O)N(C)CCN)c1. The van der Waals surface area contributed by atoms with Gasteiger partial charge in [-0.2, -0.15) is 0 Å². The lowest BCUT2D eigenvalue weighted by Crippen LogP contribution is -2.31. The summed E-state index contributed by atoms with van der Waals surface area (Å²) in [5.74, 6) is -0.0355. The fourth-order valence-electron chi connectivity index (χ4n) is 1.19. The molecule has 14 heavy (non-hydrogen) atoms. The van der Waals surface area contributed by atoms with Crippen molar-refractivity contribution in [3.8, 4) is 0 Å². The van der Waals surface area contributed by atoms with E-state index in [1.165, 1.54) is 0 Å². The number of nitrogens with zero attached hydrogens (tertiary/aromatic N) is 2. The van der Waals surface area contributed by atoms with Gasteiger partial charge in [0.1, 0.15) is 0 Å². The van der Waals surface area contributed by atoms with Crippen molar-refractivity contribution in [1.82, 2.24) is 9.88 Å². The maximum atomic E-state index is 11.7. The number of pyridine rings is 1. The van der Waals surface area contributed by atoms with E-state index in [9.17, 15) is 4.79 Å². The van der Waals surface area contributed by atoms with Crippen LogP contribution in [0.1, 0.15) is 15.9 Å². The highest BCUT2D eigenvalue weighted by Gasteiger charge is 2.10. The zero-order valence-electron chi connectivity index (χ0n) is 8.53. The molecule has 76 valence electrons. The lowest BCUT2D eigenvalue weighted by Gasteiger charge is -2.15. The van der Waals surface area contributed by atoms with E-state index in [2.05, 4.69) is 4.98 Å². The summed E-state index contributed by atoms with van der Waals surface area (Å²) in [6.07, 6.45) is 3.29. The van der Waals surface area contributed by atoms with Crippen LogP contribution in [0.25, 0.3) is 0 Å². The van der Waals surface area contributed by atoms with E-state index in [0.29, 0.717) is 18.7 Å². The van der Waals surface area contributed by atoms with E-state index in [1.54, 1.807) is 24.3 Å². The normalized spacial score (nSPS) is 9.93. The van der Waals surface area contributed by atoms with Crippen molar-refractivity contribution in [1.29, 1.82) is 0 Å². The van der Waals surface area contributed by atoms with Crippen molar-refractivity contribution < 1.29 is 4.79 Å². The first-order valence-electron chi connectivity index (χ1n) is 4.52. The van der Waals surface area contributed by atoms with Crippen LogP contribution in [0, 0.1) is 6.92 Å². The number of carbonyl (C=O) groups is 1. The molecule has 1 rings (SSSR count). The Morgan fingerprint density at radius 1 is 1.57 bits per heavy atom. The van der Waals surface area contributed by atoms with Gasteiger partial charge in [-0.1, -0.05) is 0 Å². The van der Waals surface area contributed by atoms with Gasteiger partial charge in [0.25, 0.3) is 5.91 Å². The summed E-state index contributed by atoms with van der Waals surface area (Å²) in [5.41, 5.74) is 6.96. The Labute approximate surface area is 83.7 Å². The van der Waals surface area contributed by atoms with Gasteiger partial charge in [-0.05, 0) is 18.6 Å². The molecule has 0 saturated carbocycles. The molecule has 0 bridgehead atoms. The molecule has 1 aromatic heterocycles. The molecular weight excluding hydrogens is 178 g/mol. The van der Waals surface area contributed by atoms with Gasteiger partial charge in [0, 0.05) is 32.5 Å². The van der Waals surface area contributed by atoms with Crippen LogP contribution >= 0.6 is 0 Å². The number of likely N-dealkylation sites (N-methyl/N-ethyl adjacent to an activating group) is 1. The van der Waals surface area contributed by atoms with E-state index in [-0.39, 0.29) is 5.91 Å². The minimum atomic E-state index is -0.0355. The molecule has 0 fully saturated rings. The van der Waals surface area contributed by atoms with Crippen LogP contribution in [0.3, 0.4) is 0 Å². The van der Waals surface area contributed by atoms with Crippen LogP contribution in [-0.2, 0) is 0 Å². The molecule has 0 aromatic carbocycles. The minimum Gasteiger partial charge on any atom is -0.340 e. The third-order valence-electron chi connectivity index (χ3n) is 1.93. The highest BCUT2D eigenvalue weighted by molar-refractivity contribution is 5.93. The quantitative estimate of drug-likeness (QED) is 0.757. The highest BCUT2D eigenvalue weighted by atomic mass is 16.2. The fourth-order valence-corrected chi connectivity index (χ4v) is 1.19. The van der Waals surface area contributed by atoms with Crippen molar-refractivity contribution >= 4 is 5.91 Å². The second kappa shape index (κ2) is 4.72. The van der Waals surface area contributed by atoms with Gasteiger partial charge >= 0.3 is 0 Å². The van der Waals surface area contributed by atoms with Crippen LogP contribution in [0.2, 0.25) is 0 Å². The highest BCUT2D eigenvalue weighted by Crippen LogP contribution is 2.04. The number of hydrogen-bond acceptors (Lipinski definition) is 3. The molecule has 1 aromatic rings. The molecule has 0 radical (unpaired) electrons. The van der Waals surface area contributed by atoms with Gasteiger partial charge in [-0.3, -0.25) is 9.78 Å². The number of rotatable bonds is 3. The van der Waals surface area contributed by atoms with Gasteiger partial charge in [0.15, 0.2) is 0 Å². The van der Waals surface area contributed by atoms with Crippen LogP contribution in [-0.4, -0.2) is 35.9 Å². The number of amides is 1. The molecular formula is C10H15N3O. The Kier molecular flexibility index (Phi) is 3.59.